The molecule has 0 radical (unpaired) electrons. The minimum Gasteiger partial charge on any atom is -0.481 e. The summed E-state index contributed by atoms with van der Waals surface area (Å²) >= 11 is 0. The third kappa shape index (κ3) is 1.75. The van der Waals surface area contributed by atoms with E-state index in [0.29, 0.717) is 29.7 Å². The highest BCUT2D eigenvalue weighted by atomic mass is 19.1. The van der Waals surface area contributed by atoms with Crippen LogP contribution in [0.2, 0.25) is 0 Å². The summed E-state index contributed by atoms with van der Waals surface area (Å²) < 4.78 is 24.6. The Hall–Kier alpha value is -1.62. The van der Waals surface area contributed by atoms with Gasteiger partial charge in [0, 0.05) is 16.5 Å². The molecule has 3 rings (SSSR count). The molecule has 5 heteroatoms. The summed E-state index contributed by atoms with van der Waals surface area (Å²) in [6, 6.07) is 2.93. The molecule has 1 saturated carbocycles. The van der Waals surface area contributed by atoms with Crippen LogP contribution in [0.5, 0.6) is 5.75 Å². The van der Waals surface area contributed by atoms with Gasteiger partial charge in [-0.05, 0) is 25.0 Å². The summed E-state index contributed by atoms with van der Waals surface area (Å²) in [5.74, 6) is -0.655. The third-order valence-electron chi connectivity index (χ3n) is 3.64. The number of carboxylic acids is 1. The largest absolute Gasteiger partial charge is 0.481 e. The summed E-state index contributed by atoms with van der Waals surface area (Å²) in [5.41, 5.74) is 0.577. The Kier molecular flexibility index (Phi) is 2.52. The Morgan fingerprint density at radius 1 is 1.44 bits per heavy atom. The lowest BCUT2D eigenvalue weighted by Crippen LogP contribution is -2.21. The van der Waals surface area contributed by atoms with Gasteiger partial charge >= 0.3 is 5.97 Å². The van der Waals surface area contributed by atoms with E-state index in [0.717, 1.165) is 0 Å². The summed E-state index contributed by atoms with van der Waals surface area (Å²) in [6.07, 6.45) is 1.36. The minimum atomic E-state index is -0.901. The Morgan fingerprint density at radius 2 is 2.22 bits per heavy atom. The van der Waals surface area contributed by atoms with Gasteiger partial charge in [0.15, 0.2) is 6.79 Å². The quantitative estimate of drug-likeness (QED) is 0.896. The van der Waals surface area contributed by atoms with Crippen molar-refractivity contribution in [3.63, 3.8) is 0 Å². The molecule has 0 atom stereocenters. The molecule has 0 saturated heterocycles. The smallest absolute Gasteiger partial charge is 0.304 e. The summed E-state index contributed by atoms with van der Waals surface area (Å²) in [6.45, 7) is 0.438. The van der Waals surface area contributed by atoms with Gasteiger partial charge in [-0.2, -0.15) is 0 Å². The van der Waals surface area contributed by atoms with Crippen LogP contribution >= 0.6 is 0 Å². The van der Waals surface area contributed by atoms with E-state index in [9.17, 15) is 9.18 Å². The van der Waals surface area contributed by atoms with Gasteiger partial charge in [0.1, 0.15) is 11.6 Å². The van der Waals surface area contributed by atoms with Crippen LogP contribution in [0, 0.1) is 5.82 Å². The molecule has 0 unspecified atom stereocenters. The average Bonchev–Trinajstić information content (AvgIpc) is 3.08. The zero-order valence-electron chi connectivity index (χ0n) is 9.74. The van der Waals surface area contributed by atoms with Crippen molar-refractivity contribution in [3.8, 4) is 5.75 Å². The van der Waals surface area contributed by atoms with Crippen LogP contribution < -0.4 is 4.74 Å². The Bertz CT molecular complexity index is 508. The number of hydrogen-bond donors (Lipinski definition) is 1. The molecule has 2 aliphatic rings. The summed E-state index contributed by atoms with van der Waals surface area (Å²) in [5, 5.41) is 8.96. The molecule has 1 aliphatic carbocycles. The molecule has 1 aromatic carbocycles. The van der Waals surface area contributed by atoms with Gasteiger partial charge in [0.05, 0.1) is 13.0 Å². The number of halogens is 1. The molecule has 1 aliphatic heterocycles. The van der Waals surface area contributed by atoms with Crippen LogP contribution in [0.3, 0.4) is 0 Å². The maximum atomic E-state index is 14.1. The van der Waals surface area contributed by atoms with Crippen LogP contribution in [0.25, 0.3) is 0 Å². The standard InChI is InChI=1S/C13H13FO4/c14-9-1-2-10-8(6-17-7-18-10)12(9)13(3-4-13)5-11(15)16/h1-2H,3-7H2,(H,15,16). The summed E-state index contributed by atoms with van der Waals surface area (Å²) in [4.78, 5) is 10.9. The van der Waals surface area contributed by atoms with Crippen LogP contribution in [0.4, 0.5) is 4.39 Å². The first kappa shape index (κ1) is 11.5. The number of hydrogen-bond acceptors (Lipinski definition) is 3. The second-order valence-corrected chi connectivity index (χ2v) is 4.86. The van der Waals surface area contributed by atoms with Gasteiger partial charge in [-0.25, -0.2) is 4.39 Å². The van der Waals surface area contributed by atoms with E-state index in [-0.39, 0.29) is 25.6 Å². The fourth-order valence-electron chi connectivity index (χ4n) is 2.66. The molecule has 1 fully saturated rings. The molecule has 0 aromatic heterocycles. The van der Waals surface area contributed by atoms with Gasteiger partial charge in [0.25, 0.3) is 0 Å². The fourth-order valence-corrected chi connectivity index (χ4v) is 2.66. The van der Waals surface area contributed by atoms with E-state index in [1.54, 1.807) is 6.07 Å². The van der Waals surface area contributed by atoms with Crippen molar-refractivity contribution < 1.29 is 23.8 Å². The zero-order valence-corrected chi connectivity index (χ0v) is 9.74. The highest BCUT2D eigenvalue weighted by Crippen LogP contribution is 2.54. The fraction of sp³-hybridized carbons (Fsp3) is 0.462. The molecule has 18 heavy (non-hydrogen) atoms. The number of fused-ring (bicyclic) bond motifs is 1. The summed E-state index contributed by atoms with van der Waals surface area (Å²) in [7, 11) is 0. The Labute approximate surface area is 103 Å². The first-order valence-corrected chi connectivity index (χ1v) is 5.87. The predicted molar refractivity (Wildman–Crippen MR) is 59.8 cm³/mol. The maximum absolute atomic E-state index is 14.1. The molecule has 4 nitrogen and oxygen atoms in total. The van der Waals surface area contributed by atoms with E-state index in [1.165, 1.54) is 6.07 Å². The Morgan fingerprint density at radius 3 is 2.89 bits per heavy atom. The van der Waals surface area contributed by atoms with Crippen molar-refractivity contribution in [3.05, 3.63) is 29.1 Å². The topological polar surface area (TPSA) is 55.8 Å². The SMILES string of the molecule is O=C(O)CC1(c2c(F)ccc3c2COCO3)CC1. The number of carbonyl (C=O) groups is 1. The Balaban J connectivity index is 2.08. The molecule has 0 amide bonds. The van der Waals surface area contributed by atoms with Crippen molar-refractivity contribution in [1.82, 2.24) is 0 Å². The van der Waals surface area contributed by atoms with Crippen LogP contribution in [0.1, 0.15) is 30.4 Å². The molecule has 1 heterocycles. The number of carboxylic acid groups (broad SMARTS) is 1. The first-order valence-electron chi connectivity index (χ1n) is 5.87. The average molecular weight is 252 g/mol. The van der Waals surface area contributed by atoms with Gasteiger partial charge < -0.3 is 14.6 Å². The van der Waals surface area contributed by atoms with Crippen LogP contribution in [-0.4, -0.2) is 17.9 Å². The normalized spacial score (nSPS) is 19.8. The molecule has 96 valence electrons. The van der Waals surface area contributed by atoms with Gasteiger partial charge in [-0.3, -0.25) is 4.79 Å². The van der Waals surface area contributed by atoms with Crippen molar-refractivity contribution in [2.75, 3.05) is 6.79 Å². The van der Waals surface area contributed by atoms with E-state index >= 15 is 0 Å². The molecule has 0 spiro atoms. The molecular weight excluding hydrogens is 239 g/mol. The highest BCUT2D eigenvalue weighted by molar-refractivity contribution is 5.70. The van der Waals surface area contributed by atoms with Crippen molar-refractivity contribution in [2.24, 2.45) is 0 Å². The number of benzene rings is 1. The van der Waals surface area contributed by atoms with E-state index in [1.807, 2.05) is 0 Å². The molecule has 1 N–H and O–H groups in total. The zero-order chi connectivity index (χ0) is 12.8. The van der Waals surface area contributed by atoms with Crippen LogP contribution in [0.15, 0.2) is 12.1 Å². The lowest BCUT2D eigenvalue weighted by molar-refractivity contribution is -0.137. The van der Waals surface area contributed by atoms with Gasteiger partial charge in [-0.15, -0.1) is 0 Å². The monoisotopic (exact) mass is 252 g/mol. The lowest BCUT2D eigenvalue weighted by atomic mass is 9.87. The second-order valence-electron chi connectivity index (χ2n) is 4.86. The number of rotatable bonds is 3. The van der Waals surface area contributed by atoms with Crippen LogP contribution in [-0.2, 0) is 21.6 Å². The van der Waals surface area contributed by atoms with E-state index in [4.69, 9.17) is 14.6 Å². The third-order valence-corrected chi connectivity index (χ3v) is 3.64. The number of aliphatic carboxylic acids is 1. The van der Waals surface area contributed by atoms with E-state index in [2.05, 4.69) is 0 Å². The molecule has 1 aromatic rings. The number of ether oxygens (including phenoxy) is 2. The van der Waals surface area contributed by atoms with Gasteiger partial charge in [-0.1, -0.05) is 0 Å². The van der Waals surface area contributed by atoms with Crippen molar-refractivity contribution in [2.45, 2.75) is 31.3 Å². The molecule has 0 bridgehead atoms. The van der Waals surface area contributed by atoms with Gasteiger partial charge in [0.2, 0.25) is 0 Å². The first-order chi connectivity index (χ1) is 8.62. The minimum absolute atomic E-state index is 0.0413. The van der Waals surface area contributed by atoms with E-state index < -0.39 is 11.4 Å². The highest BCUT2D eigenvalue weighted by Gasteiger charge is 2.49. The molecular formula is C13H13FO4. The maximum Gasteiger partial charge on any atom is 0.304 e. The van der Waals surface area contributed by atoms with Crippen molar-refractivity contribution in [1.29, 1.82) is 0 Å². The second kappa shape index (κ2) is 3.95. The van der Waals surface area contributed by atoms with Crippen molar-refractivity contribution >= 4 is 5.97 Å². The predicted octanol–water partition coefficient (Wildman–Crippen LogP) is 2.20. The lowest BCUT2D eigenvalue weighted by Gasteiger charge is -2.24.